The van der Waals surface area contributed by atoms with Crippen LogP contribution in [-0.2, 0) is 17.8 Å². The number of thiazole rings is 1. The molecule has 0 aliphatic carbocycles. The first kappa shape index (κ1) is 17.7. The second-order valence-corrected chi connectivity index (χ2v) is 6.50. The molecule has 0 amide bonds. The minimum Gasteiger partial charge on any atom is -0.465 e. The molecule has 23 heavy (non-hydrogen) atoms. The minimum atomic E-state index is -0.528. The SMILES string of the molecule is COC(=O)c1sc(NCc2ccc(CN(C)C)c(F)c2)nc1Cl. The first-order valence-corrected chi connectivity index (χ1v) is 8.00. The first-order valence-electron chi connectivity index (χ1n) is 6.81. The number of rotatable bonds is 6. The molecule has 0 aliphatic rings. The minimum absolute atomic E-state index is 0.0943. The van der Waals surface area contributed by atoms with E-state index in [1.165, 1.54) is 13.2 Å². The van der Waals surface area contributed by atoms with Crippen molar-refractivity contribution in [1.29, 1.82) is 0 Å². The summed E-state index contributed by atoms with van der Waals surface area (Å²) < 4.78 is 18.6. The molecule has 5 nitrogen and oxygen atoms in total. The van der Waals surface area contributed by atoms with Gasteiger partial charge in [-0.1, -0.05) is 35.1 Å². The molecule has 8 heteroatoms. The van der Waals surface area contributed by atoms with Gasteiger partial charge in [-0.05, 0) is 25.7 Å². The predicted octanol–water partition coefficient (Wildman–Crippen LogP) is 3.40. The van der Waals surface area contributed by atoms with Crippen molar-refractivity contribution in [3.05, 3.63) is 45.2 Å². The Morgan fingerprint density at radius 2 is 2.22 bits per heavy atom. The van der Waals surface area contributed by atoms with E-state index in [4.69, 9.17) is 11.6 Å². The van der Waals surface area contributed by atoms with E-state index in [2.05, 4.69) is 15.0 Å². The fraction of sp³-hybridized carbons (Fsp3) is 0.333. The monoisotopic (exact) mass is 357 g/mol. The summed E-state index contributed by atoms with van der Waals surface area (Å²) in [5, 5.41) is 3.60. The maximum Gasteiger partial charge on any atom is 0.351 e. The second kappa shape index (κ2) is 7.72. The zero-order valence-electron chi connectivity index (χ0n) is 13.0. The van der Waals surface area contributed by atoms with Crippen molar-refractivity contribution in [2.45, 2.75) is 13.1 Å². The van der Waals surface area contributed by atoms with Gasteiger partial charge in [0.25, 0.3) is 0 Å². The van der Waals surface area contributed by atoms with Crippen molar-refractivity contribution in [1.82, 2.24) is 9.88 Å². The van der Waals surface area contributed by atoms with Crippen molar-refractivity contribution >= 4 is 34.0 Å². The van der Waals surface area contributed by atoms with Crippen LogP contribution in [0.1, 0.15) is 20.8 Å². The molecule has 0 fully saturated rings. The molecule has 0 saturated heterocycles. The maximum absolute atomic E-state index is 14.0. The van der Waals surface area contributed by atoms with Gasteiger partial charge in [0.2, 0.25) is 0 Å². The number of carbonyl (C=O) groups excluding carboxylic acids is 1. The molecule has 0 aliphatic heterocycles. The van der Waals surface area contributed by atoms with Crippen LogP contribution in [0.2, 0.25) is 5.15 Å². The lowest BCUT2D eigenvalue weighted by molar-refractivity contribution is 0.0606. The van der Waals surface area contributed by atoms with Crippen LogP contribution in [0.5, 0.6) is 0 Å². The van der Waals surface area contributed by atoms with Crippen molar-refractivity contribution in [3.63, 3.8) is 0 Å². The van der Waals surface area contributed by atoms with Crippen LogP contribution < -0.4 is 5.32 Å². The molecule has 1 N–H and O–H groups in total. The number of methoxy groups -OCH3 is 1. The van der Waals surface area contributed by atoms with Gasteiger partial charge in [-0.2, -0.15) is 0 Å². The number of carbonyl (C=O) groups is 1. The Morgan fingerprint density at radius 1 is 1.48 bits per heavy atom. The van der Waals surface area contributed by atoms with Crippen molar-refractivity contribution < 1.29 is 13.9 Å². The summed E-state index contributed by atoms with van der Waals surface area (Å²) in [7, 11) is 5.06. The third-order valence-electron chi connectivity index (χ3n) is 3.00. The highest BCUT2D eigenvalue weighted by Gasteiger charge is 2.17. The zero-order valence-corrected chi connectivity index (χ0v) is 14.6. The number of benzene rings is 1. The molecule has 0 saturated carbocycles. The topological polar surface area (TPSA) is 54.5 Å². The van der Waals surface area contributed by atoms with E-state index in [0.717, 1.165) is 16.9 Å². The molecule has 0 bridgehead atoms. The zero-order chi connectivity index (χ0) is 17.0. The fourth-order valence-electron chi connectivity index (χ4n) is 1.94. The van der Waals surface area contributed by atoms with Crippen LogP contribution in [0.3, 0.4) is 0 Å². The molecular weight excluding hydrogens is 341 g/mol. The Hall–Kier alpha value is -1.70. The number of esters is 1. The highest BCUT2D eigenvalue weighted by molar-refractivity contribution is 7.18. The van der Waals surface area contributed by atoms with Crippen LogP contribution in [0.25, 0.3) is 0 Å². The number of ether oxygens (including phenoxy) is 1. The highest BCUT2D eigenvalue weighted by Crippen LogP contribution is 2.28. The summed E-state index contributed by atoms with van der Waals surface area (Å²) in [5.41, 5.74) is 1.42. The van der Waals surface area contributed by atoms with E-state index < -0.39 is 5.97 Å². The van der Waals surface area contributed by atoms with Gasteiger partial charge in [0, 0.05) is 18.7 Å². The van der Waals surface area contributed by atoms with Crippen LogP contribution in [-0.4, -0.2) is 37.1 Å². The summed E-state index contributed by atoms with van der Waals surface area (Å²) in [4.78, 5) is 17.7. The lowest BCUT2D eigenvalue weighted by atomic mass is 10.1. The molecule has 2 rings (SSSR count). The Morgan fingerprint density at radius 3 is 2.83 bits per heavy atom. The van der Waals surface area contributed by atoms with Gasteiger partial charge in [-0.3, -0.25) is 0 Å². The standard InChI is InChI=1S/C15H17ClFN3O2S/c1-20(2)8-10-5-4-9(6-11(10)17)7-18-15-19-13(16)12(23-15)14(21)22-3/h4-6H,7-8H2,1-3H3,(H,18,19). The van der Waals surface area contributed by atoms with E-state index in [9.17, 15) is 9.18 Å². The normalized spacial score (nSPS) is 10.9. The Labute approximate surface area is 143 Å². The van der Waals surface area contributed by atoms with E-state index in [-0.39, 0.29) is 15.8 Å². The van der Waals surface area contributed by atoms with Crippen LogP contribution >= 0.6 is 22.9 Å². The highest BCUT2D eigenvalue weighted by atomic mass is 35.5. The number of anilines is 1. The van der Waals surface area contributed by atoms with Crippen LogP contribution in [0.4, 0.5) is 9.52 Å². The summed E-state index contributed by atoms with van der Waals surface area (Å²) in [6.07, 6.45) is 0. The van der Waals surface area contributed by atoms with E-state index in [0.29, 0.717) is 23.8 Å². The average molecular weight is 358 g/mol. The number of halogens is 2. The third-order valence-corrected chi connectivity index (χ3v) is 4.38. The molecule has 1 aromatic heterocycles. The molecule has 0 unspecified atom stereocenters. The van der Waals surface area contributed by atoms with Gasteiger partial charge in [-0.25, -0.2) is 14.2 Å². The van der Waals surface area contributed by atoms with Gasteiger partial charge < -0.3 is 15.0 Å². The summed E-state index contributed by atoms with van der Waals surface area (Å²) in [6, 6.07) is 5.11. The molecule has 2 aromatic rings. The number of nitrogens with zero attached hydrogens (tertiary/aromatic N) is 2. The summed E-state index contributed by atoms with van der Waals surface area (Å²) >= 11 is 6.99. The van der Waals surface area contributed by atoms with Crippen molar-refractivity contribution in [2.75, 3.05) is 26.5 Å². The number of hydrogen-bond donors (Lipinski definition) is 1. The van der Waals surface area contributed by atoms with Crippen LogP contribution in [0, 0.1) is 5.82 Å². The van der Waals surface area contributed by atoms with E-state index >= 15 is 0 Å². The Kier molecular flexibility index (Phi) is 5.92. The lowest BCUT2D eigenvalue weighted by Gasteiger charge is -2.11. The third kappa shape index (κ3) is 4.63. The van der Waals surface area contributed by atoms with Gasteiger partial charge >= 0.3 is 5.97 Å². The smallest absolute Gasteiger partial charge is 0.351 e. The molecular formula is C15H17ClFN3O2S. The lowest BCUT2D eigenvalue weighted by Crippen LogP contribution is -2.12. The Balaban J connectivity index is 2.04. The summed E-state index contributed by atoms with van der Waals surface area (Å²) in [5.74, 6) is -0.773. The largest absolute Gasteiger partial charge is 0.465 e. The fourth-order valence-corrected chi connectivity index (χ4v) is 3.04. The van der Waals surface area contributed by atoms with Crippen LogP contribution in [0.15, 0.2) is 18.2 Å². The van der Waals surface area contributed by atoms with E-state index in [1.54, 1.807) is 6.07 Å². The predicted molar refractivity (Wildman–Crippen MR) is 89.6 cm³/mol. The number of aromatic nitrogens is 1. The van der Waals surface area contributed by atoms with Gasteiger partial charge in [-0.15, -0.1) is 0 Å². The number of nitrogens with one attached hydrogen (secondary N) is 1. The molecule has 0 spiro atoms. The maximum atomic E-state index is 14.0. The first-order chi connectivity index (χ1) is 10.9. The number of hydrogen-bond acceptors (Lipinski definition) is 6. The van der Waals surface area contributed by atoms with Crippen molar-refractivity contribution in [2.24, 2.45) is 0 Å². The second-order valence-electron chi connectivity index (χ2n) is 5.15. The molecule has 0 atom stereocenters. The Bertz CT molecular complexity index is 706. The van der Waals surface area contributed by atoms with Gasteiger partial charge in [0.1, 0.15) is 5.82 Å². The molecule has 1 aromatic carbocycles. The van der Waals surface area contributed by atoms with Gasteiger partial charge in [0.15, 0.2) is 15.2 Å². The van der Waals surface area contributed by atoms with Gasteiger partial charge in [0.05, 0.1) is 7.11 Å². The molecule has 124 valence electrons. The quantitative estimate of drug-likeness (QED) is 0.803. The molecule has 0 radical (unpaired) electrons. The van der Waals surface area contributed by atoms with Crippen molar-refractivity contribution in [3.8, 4) is 0 Å². The average Bonchev–Trinajstić information content (AvgIpc) is 2.87. The van der Waals surface area contributed by atoms with E-state index in [1.807, 2.05) is 25.1 Å². The molecule has 1 heterocycles. The summed E-state index contributed by atoms with van der Waals surface area (Å²) in [6.45, 7) is 0.924.